The van der Waals surface area contributed by atoms with Crippen molar-refractivity contribution >= 4 is 29.2 Å². The van der Waals surface area contributed by atoms with Crippen molar-refractivity contribution in [2.45, 2.75) is 6.42 Å². The number of halogens is 2. The molecule has 2 amide bonds. The number of methoxy groups -OCH3 is 2. The minimum Gasteiger partial charge on any atom is -0.493 e. The summed E-state index contributed by atoms with van der Waals surface area (Å²) in [5.74, 6) is 0.782. The number of pyridine rings is 1. The van der Waals surface area contributed by atoms with Crippen LogP contribution >= 0.6 is 11.6 Å². The molecule has 1 aromatic heterocycles. The molecule has 2 aromatic carbocycles. The number of carbonyl (C=O) groups is 2. The van der Waals surface area contributed by atoms with E-state index in [1.807, 2.05) is 23.1 Å². The zero-order chi connectivity index (χ0) is 26.4. The van der Waals surface area contributed by atoms with E-state index < -0.39 is 5.82 Å². The summed E-state index contributed by atoms with van der Waals surface area (Å²) >= 11 is 6.11. The molecule has 1 aliphatic heterocycles. The Morgan fingerprint density at radius 1 is 1.00 bits per heavy atom. The van der Waals surface area contributed by atoms with Gasteiger partial charge < -0.3 is 24.6 Å². The number of hydrogen-bond acceptors (Lipinski definition) is 6. The van der Waals surface area contributed by atoms with Crippen molar-refractivity contribution in [2.75, 3.05) is 51.8 Å². The molecule has 37 heavy (non-hydrogen) atoms. The van der Waals surface area contributed by atoms with Crippen LogP contribution in [0.3, 0.4) is 0 Å². The van der Waals surface area contributed by atoms with Gasteiger partial charge in [0.05, 0.1) is 30.4 Å². The Bertz CT molecular complexity index is 1280. The largest absolute Gasteiger partial charge is 0.493 e. The van der Waals surface area contributed by atoms with Crippen molar-refractivity contribution in [1.29, 1.82) is 0 Å². The molecule has 1 saturated heterocycles. The molecular weight excluding hydrogens is 499 g/mol. The lowest BCUT2D eigenvalue weighted by Crippen LogP contribution is -2.49. The summed E-state index contributed by atoms with van der Waals surface area (Å²) in [6, 6.07) is 12.9. The van der Waals surface area contributed by atoms with E-state index >= 15 is 0 Å². The highest BCUT2D eigenvalue weighted by atomic mass is 35.5. The number of rotatable bonds is 8. The SMILES string of the molecule is COc1ccc(CCNC(=O)c2cccnc2N2CCN(C(=O)c3cc(F)ccc3Cl)CC2)cc1OC. The predicted molar refractivity (Wildman–Crippen MR) is 139 cm³/mol. The van der Waals surface area contributed by atoms with Gasteiger partial charge in [0.1, 0.15) is 11.6 Å². The van der Waals surface area contributed by atoms with Gasteiger partial charge >= 0.3 is 0 Å². The van der Waals surface area contributed by atoms with Crippen LogP contribution in [-0.4, -0.2) is 68.6 Å². The molecule has 0 radical (unpaired) electrons. The maximum atomic E-state index is 13.6. The monoisotopic (exact) mass is 526 g/mol. The maximum absolute atomic E-state index is 13.6. The third kappa shape index (κ3) is 6.11. The fourth-order valence-corrected chi connectivity index (χ4v) is 4.43. The first-order valence-corrected chi connectivity index (χ1v) is 12.2. The fourth-order valence-electron chi connectivity index (χ4n) is 4.23. The number of anilines is 1. The number of piperazine rings is 1. The van der Waals surface area contributed by atoms with E-state index in [2.05, 4.69) is 10.3 Å². The molecule has 0 bridgehead atoms. The van der Waals surface area contributed by atoms with Crippen molar-refractivity contribution in [2.24, 2.45) is 0 Å². The predicted octanol–water partition coefficient (Wildman–Crippen LogP) is 3.83. The van der Waals surface area contributed by atoms with Gasteiger partial charge in [-0.05, 0) is 54.4 Å². The van der Waals surface area contributed by atoms with Crippen LogP contribution in [0.2, 0.25) is 5.02 Å². The van der Waals surface area contributed by atoms with E-state index in [0.29, 0.717) is 62.0 Å². The van der Waals surface area contributed by atoms with Gasteiger partial charge in [0.2, 0.25) is 0 Å². The van der Waals surface area contributed by atoms with Gasteiger partial charge in [-0.15, -0.1) is 0 Å². The molecule has 0 spiro atoms. The van der Waals surface area contributed by atoms with Crippen LogP contribution in [0.5, 0.6) is 11.5 Å². The molecule has 0 atom stereocenters. The Hall–Kier alpha value is -3.85. The quantitative estimate of drug-likeness (QED) is 0.480. The van der Waals surface area contributed by atoms with Gasteiger partial charge in [0.25, 0.3) is 11.8 Å². The summed E-state index contributed by atoms with van der Waals surface area (Å²) in [5, 5.41) is 3.17. The molecule has 1 N–H and O–H groups in total. The number of benzene rings is 2. The van der Waals surface area contributed by atoms with E-state index in [0.717, 1.165) is 11.6 Å². The highest BCUT2D eigenvalue weighted by molar-refractivity contribution is 6.33. The first-order valence-electron chi connectivity index (χ1n) is 11.8. The Morgan fingerprint density at radius 2 is 1.76 bits per heavy atom. The number of nitrogens with zero attached hydrogens (tertiary/aromatic N) is 3. The number of amides is 2. The van der Waals surface area contributed by atoms with E-state index in [4.69, 9.17) is 21.1 Å². The second-order valence-electron chi connectivity index (χ2n) is 8.47. The minimum atomic E-state index is -0.512. The standard InChI is InChI=1S/C27H28ClFN4O4/c1-36-23-8-5-18(16-24(23)37-2)9-11-31-26(34)20-4-3-10-30-25(20)32-12-14-33(15-13-32)27(35)21-17-19(29)6-7-22(21)28/h3-8,10,16-17H,9,11-15H2,1-2H3,(H,31,34). The lowest BCUT2D eigenvalue weighted by Gasteiger charge is -2.36. The van der Waals surface area contributed by atoms with E-state index in [1.165, 1.54) is 12.1 Å². The van der Waals surface area contributed by atoms with Crippen molar-refractivity contribution in [3.8, 4) is 11.5 Å². The van der Waals surface area contributed by atoms with Crippen LogP contribution in [0.4, 0.5) is 10.2 Å². The molecule has 10 heteroatoms. The van der Waals surface area contributed by atoms with Gasteiger partial charge in [-0.25, -0.2) is 9.37 Å². The summed E-state index contributed by atoms with van der Waals surface area (Å²) in [6.07, 6.45) is 2.25. The normalized spacial score (nSPS) is 13.3. The van der Waals surface area contributed by atoms with Crippen LogP contribution < -0.4 is 19.7 Å². The fraction of sp³-hybridized carbons (Fsp3) is 0.296. The molecule has 1 aliphatic rings. The summed E-state index contributed by atoms with van der Waals surface area (Å²) in [6.45, 7) is 2.16. The van der Waals surface area contributed by atoms with E-state index in [1.54, 1.807) is 37.4 Å². The topological polar surface area (TPSA) is 84.0 Å². The average Bonchev–Trinajstić information content (AvgIpc) is 2.93. The highest BCUT2D eigenvalue weighted by Gasteiger charge is 2.26. The Balaban J connectivity index is 1.36. The number of carbonyl (C=O) groups excluding carboxylic acids is 2. The van der Waals surface area contributed by atoms with Gasteiger partial charge in [-0.3, -0.25) is 9.59 Å². The average molecular weight is 527 g/mol. The van der Waals surface area contributed by atoms with Crippen LogP contribution in [0.25, 0.3) is 0 Å². The van der Waals surface area contributed by atoms with Crippen molar-refractivity contribution in [3.05, 3.63) is 82.3 Å². The second-order valence-corrected chi connectivity index (χ2v) is 8.88. The first kappa shape index (κ1) is 26.2. The first-order chi connectivity index (χ1) is 17.9. The molecule has 3 aromatic rings. The summed E-state index contributed by atoms with van der Waals surface area (Å²) in [5.41, 5.74) is 1.61. The molecule has 194 valence electrons. The molecule has 1 fully saturated rings. The maximum Gasteiger partial charge on any atom is 0.255 e. The summed E-state index contributed by atoms with van der Waals surface area (Å²) < 4.78 is 24.2. The lowest BCUT2D eigenvalue weighted by molar-refractivity contribution is 0.0745. The highest BCUT2D eigenvalue weighted by Crippen LogP contribution is 2.28. The third-order valence-corrected chi connectivity index (χ3v) is 6.53. The smallest absolute Gasteiger partial charge is 0.255 e. The number of hydrogen-bond donors (Lipinski definition) is 1. The van der Waals surface area contributed by atoms with E-state index in [-0.39, 0.29) is 22.4 Å². The minimum absolute atomic E-state index is 0.141. The van der Waals surface area contributed by atoms with E-state index in [9.17, 15) is 14.0 Å². The van der Waals surface area contributed by atoms with Gasteiger partial charge in [-0.1, -0.05) is 17.7 Å². The second kappa shape index (κ2) is 11.9. The van der Waals surface area contributed by atoms with Gasteiger partial charge in [0, 0.05) is 38.9 Å². The van der Waals surface area contributed by atoms with Crippen molar-refractivity contribution in [1.82, 2.24) is 15.2 Å². The lowest BCUT2D eigenvalue weighted by atomic mass is 10.1. The zero-order valence-electron chi connectivity index (χ0n) is 20.7. The molecule has 0 unspecified atom stereocenters. The Kier molecular flexibility index (Phi) is 8.45. The van der Waals surface area contributed by atoms with Gasteiger partial charge in [0.15, 0.2) is 11.5 Å². The molecule has 4 rings (SSSR count). The summed E-state index contributed by atoms with van der Waals surface area (Å²) in [4.78, 5) is 33.9. The van der Waals surface area contributed by atoms with Gasteiger partial charge in [-0.2, -0.15) is 0 Å². The molecule has 8 nitrogen and oxygen atoms in total. The van der Waals surface area contributed by atoms with Crippen LogP contribution in [0, 0.1) is 5.82 Å². The summed E-state index contributed by atoms with van der Waals surface area (Å²) in [7, 11) is 3.17. The third-order valence-electron chi connectivity index (χ3n) is 6.20. The molecule has 0 saturated carbocycles. The Morgan fingerprint density at radius 3 is 2.49 bits per heavy atom. The van der Waals surface area contributed by atoms with Crippen molar-refractivity contribution in [3.63, 3.8) is 0 Å². The number of aromatic nitrogens is 1. The molecular formula is C27H28ClFN4O4. The molecule has 2 heterocycles. The zero-order valence-corrected chi connectivity index (χ0v) is 21.4. The van der Waals surface area contributed by atoms with Crippen molar-refractivity contribution < 1.29 is 23.5 Å². The van der Waals surface area contributed by atoms with Crippen LogP contribution in [-0.2, 0) is 6.42 Å². The molecule has 0 aliphatic carbocycles. The number of nitrogens with one attached hydrogen (secondary N) is 1. The van der Waals surface area contributed by atoms with Crippen LogP contribution in [0.15, 0.2) is 54.7 Å². The Labute approximate surface area is 219 Å². The van der Waals surface area contributed by atoms with Crippen LogP contribution in [0.1, 0.15) is 26.3 Å². The number of ether oxygens (including phenoxy) is 2.